The van der Waals surface area contributed by atoms with Crippen LogP contribution in [0.3, 0.4) is 0 Å². The van der Waals surface area contributed by atoms with Crippen LogP contribution < -0.4 is 5.73 Å². The summed E-state index contributed by atoms with van der Waals surface area (Å²) in [5.74, 6) is 1.11. The lowest BCUT2D eigenvalue weighted by molar-refractivity contribution is -0.131. The summed E-state index contributed by atoms with van der Waals surface area (Å²) in [5.41, 5.74) is 6.65. The van der Waals surface area contributed by atoms with Gasteiger partial charge in [0, 0.05) is 24.2 Å². The fourth-order valence-electron chi connectivity index (χ4n) is 2.07. The zero-order valence-electron chi connectivity index (χ0n) is 10.1. The second-order valence-electron chi connectivity index (χ2n) is 4.30. The van der Waals surface area contributed by atoms with Crippen LogP contribution in [0, 0.1) is 0 Å². The lowest BCUT2D eigenvalue weighted by Gasteiger charge is -2.21. The molecule has 1 aliphatic heterocycles. The van der Waals surface area contributed by atoms with Gasteiger partial charge in [-0.25, -0.2) is 0 Å². The second-order valence-corrected chi connectivity index (χ2v) is 5.37. The first-order valence-corrected chi connectivity index (χ1v) is 6.89. The Morgan fingerprint density at radius 3 is 3.06 bits per heavy atom. The van der Waals surface area contributed by atoms with Crippen molar-refractivity contribution in [3.05, 3.63) is 29.8 Å². The van der Waals surface area contributed by atoms with Crippen LogP contribution in [-0.2, 0) is 4.79 Å². The predicted octanol–water partition coefficient (Wildman–Crippen LogP) is 1.68. The largest absolute Gasteiger partial charge is 0.345 e. The third kappa shape index (κ3) is 2.64. The molecule has 2 rings (SSSR count). The fraction of sp³-hybridized carbons (Fsp3) is 0.462. The summed E-state index contributed by atoms with van der Waals surface area (Å²) in [5, 5.41) is 0. The van der Waals surface area contributed by atoms with Gasteiger partial charge in [0.15, 0.2) is 0 Å². The molecular weight excluding hydrogens is 232 g/mol. The standard InChI is InChI=1S/C13H18N2OS/c1-15(8-4-7-14)13(16)11-9-17-12-6-3-2-5-10(11)12/h2-3,5-6,11H,4,7-9,14H2,1H3. The number of carbonyl (C=O) groups is 1. The lowest BCUT2D eigenvalue weighted by atomic mass is 10.00. The number of carbonyl (C=O) groups excluding carboxylic acids is 1. The van der Waals surface area contributed by atoms with Gasteiger partial charge in [-0.15, -0.1) is 11.8 Å². The first-order valence-electron chi connectivity index (χ1n) is 5.91. The van der Waals surface area contributed by atoms with Crippen LogP contribution in [0.1, 0.15) is 17.9 Å². The zero-order valence-corrected chi connectivity index (χ0v) is 10.9. The summed E-state index contributed by atoms with van der Waals surface area (Å²) in [4.78, 5) is 15.3. The molecule has 0 saturated heterocycles. The Kier molecular flexibility index (Phi) is 4.07. The highest BCUT2D eigenvalue weighted by molar-refractivity contribution is 7.99. The Labute approximate surface area is 106 Å². The molecule has 1 unspecified atom stereocenters. The molecule has 1 aromatic rings. The van der Waals surface area contributed by atoms with Crippen LogP contribution in [0.2, 0.25) is 0 Å². The third-order valence-electron chi connectivity index (χ3n) is 3.07. The molecule has 17 heavy (non-hydrogen) atoms. The summed E-state index contributed by atoms with van der Waals surface area (Å²) >= 11 is 1.77. The molecule has 3 nitrogen and oxygen atoms in total. The van der Waals surface area contributed by atoms with Gasteiger partial charge in [-0.05, 0) is 24.6 Å². The van der Waals surface area contributed by atoms with Gasteiger partial charge in [-0.2, -0.15) is 0 Å². The van der Waals surface area contributed by atoms with E-state index in [-0.39, 0.29) is 11.8 Å². The first kappa shape index (κ1) is 12.5. The highest BCUT2D eigenvalue weighted by atomic mass is 32.2. The molecule has 1 atom stereocenters. The number of benzene rings is 1. The molecule has 0 saturated carbocycles. The normalized spacial score (nSPS) is 17.9. The van der Waals surface area contributed by atoms with Gasteiger partial charge in [-0.3, -0.25) is 4.79 Å². The maximum absolute atomic E-state index is 12.3. The van der Waals surface area contributed by atoms with Crippen molar-refractivity contribution in [3.8, 4) is 0 Å². The van der Waals surface area contributed by atoms with E-state index in [2.05, 4.69) is 12.1 Å². The van der Waals surface area contributed by atoms with Gasteiger partial charge in [0.1, 0.15) is 0 Å². The Bertz CT molecular complexity index is 408. The van der Waals surface area contributed by atoms with Gasteiger partial charge in [0.05, 0.1) is 5.92 Å². The summed E-state index contributed by atoms with van der Waals surface area (Å²) in [7, 11) is 1.86. The maximum atomic E-state index is 12.3. The van der Waals surface area contributed by atoms with E-state index in [9.17, 15) is 4.79 Å². The van der Waals surface area contributed by atoms with E-state index in [1.807, 2.05) is 19.2 Å². The van der Waals surface area contributed by atoms with Gasteiger partial charge >= 0.3 is 0 Å². The quantitative estimate of drug-likeness (QED) is 0.884. The molecular formula is C13H18N2OS. The molecule has 1 heterocycles. The smallest absolute Gasteiger partial charge is 0.230 e. The molecule has 4 heteroatoms. The number of rotatable bonds is 4. The van der Waals surface area contributed by atoms with E-state index in [0.29, 0.717) is 6.54 Å². The summed E-state index contributed by atoms with van der Waals surface area (Å²) in [6, 6.07) is 8.18. The van der Waals surface area contributed by atoms with Crippen molar-refractivity contribution >= 4 is 17.7 Å². The van der Waals surface area contributed by atoms with E-state index in [1.54, 1.807) is 16.7 Å². The van der Waals surface area contributed by atoms with Gasteiger partial charge in [0.25, 0.3) is 0 Å². The zero-order chi connectivity index (χ0) is 12.3. The Morgan fingerprint density at radius 1 is 1.53 bits per heavy atom. The van der Waals surface area contributed by atoms with Crippen molar-refractivity contribution in [1.82, 2.24) is 4.90 Å². The molecule has 1 amide bonds. The number of nitrogens with two attached hydrogens (primary N) is 1. The molecule has 0 radical (unpaired) electrons. The number of likely N-dealkylation sites (N-methyl/N-ethyl adjacent to an activating group) is 1. The number of hydrogen-bond acceptors (Lipinski definition) is 3. The van der Waals surface area contributed by atoms with Crippen LogP contribution in [-0.4, -0.2) is 36.7 Å². The number of fused-ring (bicyclic) bond motifs is 1. The van der Waals surface area contributed by atoms with Gasteiger partial charge < -0.3 is 10.6 Å². The third-order valence-corrected chi connectivity index (χ3v) is 4.25. The van der Waals surface area contributed by atoms with Crippen LogP contribution in [0.5, 0.6) is 0 Å². The minimum atomic E-state index is 0.0268. The first-order chi connectivity index (χ1) is 8.24. The number of nitrogens with zero attached hydrogens (tertiary/aromatic N) is 1. The molecule has 0 aromatic heterocycles. The average molecular weight is 250 g/mol. The lowest BCUT2D eigenvalue weighted by Crippen LogP contribution is -2.33. The van der Waals surface area contributed by atoms with Crippen molar-refractivity contribution in [3.63, 3.8) is 0 Å². The molecule has 0 spiro atoms. The van der Waals surface area contributed by atoms with Crippen molar-refractivity contribution in [2.45, 2.75) is 17.2 Å². The van der Waals surface area contributed by atoms with E-state index in [1.165, 1.54) is 10.5 Å². The molecule has 0 bridgehead atoms. The molecule has 0 aliphatic carbocycles. The topological polar surface area (TPSA) is 46.3 Å². The van der Waals surface area contributed by atoms with Crippen molar-refractivity contribution < 1.29 is 4.79 Å². The van der Waals surface area contributed by atoms with E-state index >= 15 is 0 Å². The minimum Gasteiger partial charge on any atom is -0.345 e. The fourth-order valence-corrected chi connectivity index (χ4v) is 3.29. The predicted molar refractivity (Wildman–Crippen MR) is 71.2 cm³/mol. The van der Waals surface area contributed by atoms with Crippen molar-refractivity contribution in [1.29, 1.82) is 0 Å². The highest BCUT2D eigenvalue weighted by Gasteiger charge is 2.30. The highest BCUT2D eigenvalue weighted by Crippen LogP contribution is 2.39. The monoisotopic (exact) mass is 250 g/mol. The van der Waals surface area contributed by atoms with Gasteiger partial charge in [0.2, 0.25) is 5.91 Å². The maximum Gasteiger partial charge on any atom is 0.230 e. The summed E-state index contributed by atoms with van der Waals surface area (Å²) in [6.45, 7) is 1.38. The van der Waals surface area contributed by atoms with E-state index < -0.39 is 0 Å². The Morgan fingerprint density at radius 2 is 2.29 bits per heavy atom. The molecule has 0 fully saturated rings. The SMILES string of the molecule is CN(CCCN)C(=O)C1CSc2ccccc21. The summed E-state index contributed by atoms with van der Waals surface area (Å²) < 4.78 is 0. The van der Waals surface area contributed by atoms with E-state index in [4.69, 9.17) is 5.73 Å². The van der Waals surface area contributed by atoms with Gasteiger partial charge in [-0.1, -0.05) is 18.2 Å². The number of thioether (sulfide) groups is 1. The Hall–Kier alpha value is -1.00. The van der Waals surface area contributed by atoms with Crippen LogP contribution in [0.15, 0.2) is 29.2 Å². The minimum absolute atomic E-state index is 0.0268. The molecule has 1 aromatic carbocycles. The number of amides is 1. The van der Waals surface area contributed by atoms with Crippen LogP contribution >= 0.6 is 11.8 Å². The van der Waals surface area contributed by atoms with E-state index in [0.717, 1.165) is 18.7 Å². The van der Waals surface area contributed by atoms with Crippen LogP contribution in [0.4, 0.5) is 0 Å². The molecule has 2 N–H and O–H groups in total. The van der Waals surface area contributed by atoms with Crippen LogP contribution in [0.25, 0.3) is 0 Å². The second kappa shape index (κ2) is 5.56. The number of hydrogen-bond donors (Lipinski definition) is 1. The molecule has 1 aliphatic rings. The average Bonchev–Trinajstić information content (AvgIpc) is 2.78. The van der Waals surface area contributed by atoms with Crippen molar-refractivity contribution in [2.24, 2.45) is 5.73 Å². The Balaban J connectivity index is 2.07. The van der Waals surface area contributed by atoms with Crippen molar-refractivity contribution in [2.75, 3.05) is 25.9 Å². The summed E-state index contributed by atoms with van der Waals surface area (Å²) in [6.07, 6.45) is 0.865. The molecule has 92 valence electrons.